The number of carbonyl (C=O) groups excluding carboxylic acids is 2. The van der Waals surface area contributed by atoms with E-state index in [1.807, 2.05) is 32.0 Å². The van der Waals surface area contributed by atoms with Gasteiger partial charge in [-0.05, 0) is 30.4 Å². The smallest absolute Gasteiger partial charge is 0.246 e. The van der Waals surface area contributed by atoms with Gasteiger partial charge in [-0.1, -0.05) is 45.0 Å². The summed E-state index contributed by atoms with van der Waals surface area (Å²) < 4.78 is 0. The fraction of sp³-hybridized carbons (Fsp3) is 0.529. The van der Waals surface area contributed by atoms with Gasteiger partial charge in [-0.15, -0.1) is 0 Å². The maximum atomic E-state index is 12.6. The molecule has 1 heterocycles. The van der Waals surface area contributed by atoms with E-state index in [1.165, 1.54) is 5.56 Å². The van der Waals surface area contributed by atoms with Gasteiger partial charge in [-0.2, -0.15) is 0 Å². The Morgan fingerprint density at radius 3 is 2.38 bits per heavy atom. The molecule has 0 aliphatic carbocycles. The van der Waals surface area contributed by atoms with Gasteiger partial charge in [0, 0.05) is 6.54 Å². The largest absolute Gasteiger partial charge is 0.342 e. The minimum atomic E-state index is -0.419. The molecule has 0 saturated carbocycles. The lowest BCUT2D eigenvalue weighted by Gasteiger charge is -2.39. The number of nitrogens with one attached hydrogen (secondary N) is 1. The van der Waals surface area contributed by atoms with E-state index in [4.69, 9.17) is 0 Å². The second kappa shape index (κ2) is 6.29. The average Bonchev–Trinajstić information content (AvgIpc) is 2.47. The Hall–Kier alpha value is -1.84. The standard InChI is InChI=1S/C17H24N2O2/c1-5-13-8-6-7-9-14(13)10-19-12(4)16(20)18-15(11(2)3)17(19)21/h6-9,11-12,15H,5,10H2,1-4H3,(H,18,20). The van der Waals surface area contributed by atoms with Gasteiger partial charge in [-0.3, -0.25) is 9.59 Å². The molecular formula is C17H24N2O2. The zero-order chi connectivity index (χ0) is 15.6. The molecule has 1 N–H and O–H groups in total. The molecule has 1 aromatic rings. The van der Waals surface area contributed by atoms with Crippen LogP contribution in [0.2, 0.25) is 0 Å². The maximum absolute atomic E-state index is 12.6. The highest BCUT2D eigenvalue weighted by molar-refractivity contribution is 5.96. The van der Waals surface area contributed by atoms with Crippen LogP contribution in [0.25, 0.3) is 0 Å². The van der Waals surface area contributed by atoms with Crippen LogP contribution in [-0.2, 0) is 22.6 Å². The van der Waals surface area contributed by atoms with Crippen molar-refractivity contribution in [3.8, 4) is 0 Å². The number of carbonyl (C=O) groups is 2. The number of benzene rings is 1. The van der Waals surface area contributed by atoms with Crippen molar-refractivity contribution >= 4 is 11.8 Å². The van der Waals surface area contributed by atoms with Gasteiger partial charge in [0.1, 0.15) is 12.1 Å². The molecule has 1 aliphatic rings. The van der Waals surface area contributed by atoms with Gasteiger partial charge in [0.25, 0.3) is 0 Å². The first-order chi connectivity index (χ1) is 9.95. The first-order valence-corrected chi connectivity index (χ1v) is 7.63. The SMILES string of the molecule is CCc1ccccc1CN1C(=O)C(C(C)C)NC(=O)C1C. The average molecular weight is 288 g/mol. The highest BCUT2D eigenvalue weighted by atomic mass is 16.2. The number of hydrogen-bond donors (Lipinski definition) is 1. The molecule has 1 aromatic carbocycles. The van der Waals surface area contributed by atoms with E-state index < -0.39 is 12.1 Å². The molecule has 21 heavy (non-hydrogen) atoms. The number of aryl methyl sites for hydroxylation is 1. The Morgan fingerprint density at radius 2 is 1.81 bits per heavy atom. The second-order valence-electron chi connectivity index (χ2n) is 5.99. The first-order valence-electron chi connectivity index (χ1n) is 7.63. The summed E-state index contributed by atoms with van der Waals surface area (Å²) in [7, 11) is 0. The summed E-state index contributed by atoms with van der Waals surface area (Å²) in [6, 6.07) is 7.27. The summed E-state index contributed by atoms with van der Waals surface area (Å²) in [6.07, 6.45) is 0.923. The van der Waals surface area contributed by atoms with Crippen LogP contribution < -0.4 is 5.32 Å². The van der Waals surface area contributed by atoms with Crippen molar-refractivity contribution in [1.82, 2.24) is 10.2 Å². The molecule has 2 rings (SSSR count). The molecule has 0 spiro atoms. The van der Waals surface area contributed by atoms with Gasteiger partial charge in [0.15, 0.2) is 0 Å². The molecule has 1 fully saturated rings. The molecule has 114 valence electrons. The third kappa shape index (κ3) is 3.09. The van der Waals surface area contributed by atoms with Crippen molar-refractivity contribution in [3.05, 3.63) is 35.4 Å². The Labute approximate surface area is 126 Å². The summed E-state index contributed by atoms with van der Waals surface area (Å²) in [4.78, 5) is 26.4. The molecule has 0 radical (unpaired) electrons. The lowest BCUT2D eigenvalue weighted by atomic mass is 9.97. The lowest BCUT2D eigenvalue weighted by molar-refractivity contribution is -0.150. The van der Waals surface area contributed by atoms with Crippen LogP contribution in [-0.4, -0.2) is 28.8 Å². The topological polar surface area (TPSA) is 49.4 Å². The molecule has 1 aliphatic heterocycles. The Balaban J connectivity index is 2.27. The van der Waals surface area contributed by atoms with E-state index in [1.54, 1.807) is 11.8 Å². The second-order valence-corrected chi connectivity index (χ2v) is 5.99. The predicted molar refractivity (Wildman–Crippen MR) is 82.6 cm³/mol. The quantitative estimate of drug-likeness (QED) is 0.922. The fourth-order valence-corrected chi connectivity index (χ4v) is 2.75. The Morgan fingerprint density at radius 1 is 1.19 bits per heavy atom. The number of piperazine rings is 1. The van der Waals surface area contributed by atoms with Gasteiger partial charge in [-0.25, -0.2) is 0 Å². The summed E-state index contributed by atoms with van der Waals surface area (Å²) in [5.74, 6) is 0.0446. The maximum Gasteiger partial charge on any atom is 0.246 e. The van der Waals surface area contributed by atoms with Gasteiger partial charge in [0.2, 0.25) is 11.8 Å². The van der Waals surface area contributed by atoms with E-state index in [9.17, 15) is 9.59 Å². The third-order valence-corrected chi connectivity index (χ3v) is 4.20. The van der Waals surface area contributed by atoms with Crippen LogP contribution in [0.4, 0.5) is 0 Å². The van der Waals surface area contributed by atoms with Crippen molar-refractivity contribution in [3.63, 3.8) is 0 Å². The molecule has 0 bridgehead atoms. The molecule has 2 amide bonds. The minimum Gasteiger partial charge on any atom is -0.342 e. The van der Waals surface area contributed by atoms with Crippen LogP contribution in [0.3, 0.4) is 0 Å². The van der Waals surface area contributed by atoms with E-state index in [-0.39, 0.29) is 17.7 Å². The predicted octanol–water partition coefficient (Wildman–Crippen LogP) is 2.12. The summed E-state index contributed by atoms with van der Waals surface area (Å²) in [5.41, 5.74) is 2.35. The van der Waals surface area contributed by atoms with Crippen LogP contribution in [0, 0.1) is 5.92 Å². The van der Waals surface area contributed by atoms with Crippen molar-refractivity contribution < 1.29 is 9.59 Å². The van der Waals surface area contributed by atoms with Crippen molar-refractivity contribution in [1.29, 1.82) is 0 Å². The minimum absolute atomic E-state index is 0.0167. The highest BCUT2D eigenvalue weighted by Crippen LogP contribution is 2.20. The van der Waals surface area contributed by atoms with Gasteiger partial charge >= 0.3 is 0 Å². The third-order valence-electron chi connectivity index (χ3n) is 4.20. The number of hydrogen-bond acceptors (Lipinski definition) is 2. The summed E-state index contributed by atoms with van der Waals surface area (Å²) >= 11 is 0. The normalized spacial score (nSPS) is 22.6. The van der Waals surface area contributed by atoms with Gasteiger partial charge < -0.3 is 10.2 Å². The van der Waals surface area contributed by atoms with Gasteiger partial charge in [0.05, 0.1) is 0 Å². The summed E-state index contributed by atoms with van der Waals surface area (Å²) in [5, 5.41) is 2.83. The zero-order valence-corrected chi connectivity index (χ0v) is 13.2. The molecule has 1 saturated heterocycles. The van der Waals surface area contributed by atoms with E-state index in [0.717, 1.165) is 12.0 Å². The van der Waals surface area contributed by atoms with Crippen LogP contribution in [0.5, 0.6) is 0 Å². The van der Waals surface area contributed by atoms with E-state index in [0.29, 0.717) is 6.54 Å². The number of rotatable bonds is 4. The summed E-state index contributed by atoms with van der Waals surface area (Å²) in [6.45, 7) is 8.30. The van der Waals surface area contributed by atoms with E-state index in [2.05, 4.69) is 18.3 Å². The Bertz CT molecular complexity index is 539. The van der Waals surface area contributed by atoms with E-state index >= 15 is 0 Å². The molecular weight excluding hydrogens is 264 g/mol. The first kappa shape index (κ1) is 15.5. The monoisotopic (exact) mass is 288 g/mol. The van der Waals surface area contributed by atoms with Crippen molar-refractivity contribution in [2.75, 3.05) is 0 Å². The highest BCUT2D eigenvalue weighted by Gasteiger charge is 2.39. The molecule has 4 heteroatoms. The lowest BCUT2D eigenvalue weighted by Crippen LogP contribution is -2.63. The zero-order valence-electron chi connectivity index (χ0n) is 13.2. The fourth-order valence-electron chi connectivity index (χ4n) is 2.75. The molecule has 4 nitrogen and oxygen atoms in total. The van der Waals surface area contributed by atoms with Crippen LogP contribution >= 0.6 is 0 Å². The number of amides is 2. The van der Waals surface area contributed by atoms with Crippen molar-refractivity contribution in [2.24, 2.45) is 5.92 Å². The molecule has 2 atom stereocenters. The Kier molecular flexibility index (Phi) is 4.66. The number of nitrogens with zero attached hydrogens (tertiary/aromatic N) is 1. The van der Waals surface area contributed by atoms with Crippen LogP contribution in [0.15, 0.2) is 24.3 Å². The van der Waals surface area contributed by atoms with Crippen LogP contribution in [0.1, 0.15) is 38.8 Å². The van der Waals surface area contributed by atoms with Crippen molar-refractivity contribution in [2.45, 2.75) is 52.7 Å². The molecule has 2 unspecified atom stereocenters. The molecule has 0 aromatic heterocycles.